The molecule has 9 heteroatoms. The molecule has 8 nitrogen and oxygen atoms in total. The van der Waals surface area contributed by atoms with Gasteiger partial charge in [0.25, 0.3) is 0 Å². The van der Waals surface area contributed by atoms with E-state index in [1.165, 1.54) is 11.9 Å². The zero-order valence-electron chi connectivity index (χ0n) is 16.1. The van der Waals surface area contributed by atoms with Crippen LogP contribution in [-0.2, 0) is 14.2 Å². The Morgan fingerprint density at radius 2 is 1.83 bits per heavy atom. The average molecular weight is 420 g/mol. The van der Waals surface area contributed by atoms with Crippen LogP contribution in [0.15, 0.2) is 24.3 Å². The third-order valence-electron chi connectivity index (χ3n) is 5.55. The molecule has 2 aliphatic heterocycles. The average Bonchev–Trinajstić information content (AvgIpc) is 3.30. The van der Waals surface area contributed by atoms with Crippen LogP contribution in [0.3, 0.4) is 0 Å². The van der Waals surface area contributed by atoms with E-state index in [9.17, 15) is 9.59 Å². The van der Waals surface area contributed by atoms with E-state index in [0.717, 1.165) is 31.4 Å². The van der Waals surface area contributed by atoms with Crippen molar-refractivity contribution in [3.05, 3.63) is 24.3 Å². The summed E-state index contributed by atoms with van der Waals surface area (Å²) in [6, 6.07) is 6.86. The first-order chi connectivity index (χ1) is 14.2. The number of carbonyl (C=O) groups excluding carboxylic acids is 2. The quantitative estimate of drug-likeness (QED) is 0.680. The van der Waals surface area contributed by atoms with Crippen molar-refractivity contribution < 1.29 is 23.8 Å². The molecule has 0 radical (unpaired) electrons. The van der Waals surface area contributed by atoms with Gasteiger partial charge in [-0.15, -0.1) is 0 Å². The summed E-state index contributed by atoms with van der Waals surface area (Å²) in [6.45, 7) is 1.32. The molecule has 2 atom stereocenters. The molecule has 1 aromatic carbocycles. The largest absolute Gasteiger partial charge is 0.447 e. The van der Waals surface area contributed by atoms with Crippen molar-refractivity contribution in [3.63, 3.8) is 0 Å². The maximum atomic E-state index is 12.7. The van der Waals surface area contributed by atoms with E-state index in [2.05, 4.69) is 5.32 Å². The molecule has 2 amide bonds. The Hall–Kier alpha value is -2.39. The number of anilines is 2. The van der Waals surface area contributed by atoms with Crippen LogP contribution in [0.5, 0.6) is 0 Å². The maximum Gasteiger partial charge on any atom is 0.417 e. The normalized spacial score (nSPS) is 25.1. The molecular formula is C20H25N3O5S. The van der Waals surface area contributed by atoms with Crippen LogP contribution < -0.4 is 15.1 Å². The predicted molar refractivity (Wildman–Crippen MR) is 111 cm³/mol. The fourth-order valence-electron chi connectivity index (χ4n) is 4.08. The molecule has 1 aliphatic carbocycles. The highest BCUT2D eigenvalue weighted by Gasteiger charge is 2.44. The molecule has 156 valence electrons. The van der Waals surface area contributed by atoms with Crippen LogP contribution in [-0.4, -0.2) is 55.8 Å². The Balaban J connectivity index is 1.51. The second kappa shape index (κ2) is 8.96. The van der Waals surface area contributed by atoms with Crippen molar-refractivity contribution in [2.75, 3.05) is 29.5 Å². The summed E-state index contributed by atoms with van der Waals surface area (Å²) in [5.41, 5.74) is 2.84. The van der Waals surface area contributed by atoms with Crippen molar-refractivity contribution in [2.45, 2.75) is 50.5 Å². The number of nitrogens with one attached hydrogen (secondary N) is 1. The number of ether oxygens (including phenoxy) is 3. The second-order valence-electron chi connectivity index (χ2n) is 7.39. The molecule has 0 aromatic heterocycles. The summed E-state index contributed by atoms with van der Waals surface area (Å²) in [5, 5.41) is 3.01. The van der Waals surface area contributed by atoms with Crippen molar-refractivity contribution in [3.8, 4) is 0 Å². The molecule has 4 rings (SSSR count). The third-order valence-corrected chi connectivity index (χ3v) is 5.72. The fraction of sp³-hybridized carbons (Fsp3) is 0.550. The molecule has 0 spiro atoms. The Labute approximate surface area is 175 Å². The van der Waals surface area contributed by atoms with Crippen LogP contribution in [0, 0.1) is 0 Å². The first-order valence-corrected chi connectivity index (χ1v) is 10.5. The molecule has 2 saturated heterocycles. The van der Waals surface area contributed by atoms with Gasteiger partial charge in [0.05, 0.1) is 18.1 Å². The van der Waals surface area contributed by atoms with Crippen molar-refractivity contribution in [1.29, 1.82) is 0 Å². The van der Waals surface area contributed by atoms with Gasteiger partial charge in [-0.2, -0.15) is 0 Å². The van der Waals surface area contributed by atoms with Gasteiger partial charge in [0.15, 0.2) is 0 Å². The number of benzene rings is 1. The van der Waals surface area contributed by atoms with E-state index < -0.39 is 12.4 Å². The van der Waals surface area contributed by atoms with Gasteiger partial charge in [-0.1, -0.05) is 31.5 Å². The predicted octanol–water partition coefficient (Wildman–Crippen LogP) is 3.19. The second-order valence-corrected chi connectivity index (χ2v) is 7.63. The number of hydrogen-bond donors (Lipinski definition) is 1. The summed E-state index contributed by atoms with van der Waals surface area (Å²) in [4.78, 5) is 27.6. The summed E-state index contributed by atoms with van der Waals surface area (Å²) >= 11 is 4.89. The SMILES string of the molecule is O=C1OCCN1c1ccc(N2C(=O)OC(OC3CCCCC3)C2CNC=S)cc1. The van der Waals surface area contributed by atoms with Gasteiger partial charge in [0.1, 0.15) is 12.6 Å². The zero-order valence-corrected chi connectivity index (χ0v) is 16.9. The fourth-order valence-corrected chi connectivity index (χ4v) is 4.17. The van der Waals surface area contributed by atoms with Gasteiger partial charge in [0.2, 0.25) is 6.29 Å². The molecular weight excluding hydrogens is 394 g/mol. The van der Waals surface area contributed by atoms with E-state index in [1.54, 1.807) is 34.1 Å². The Bertz CT molecular complexity index is 753. The van der Waals surface area contributed by atoms with Crippen LogP contribution in [0.2, 0.25) is 0 Å². The summed E-state index contributed by atoms with van der Waals surface area (Å²) in [5.74, 6) is 0. The van der Waals surface area contributed by atoms with E-state index >= 15 is 0 Å². The Morgan fingerprint density at radius 1 is 1.10 bits per heavy atom. The van der Waals surface area contributed by atoms with E-state index in [-0.39, 0.29) is 18.2 Å². The highest BCUT2D eigenvalue weighted by Crippen LogP contribution is 2.32. The van der Waals surface area contributed by atoms with Gasteiger partial charge in [0, 0.05) is 17.9 Å². The van der Waals surface area contributed by atoms with Gasteiger partial charge < -0.3 is 19.5 Å². The third kappa shape index (κ3) is 4.30. The van der Waals surface area contributed by atoms with Crippen LogP contribution in [0.1, 0.15) is 32.1 Å². The number of cyclic esters (lactones) is 2. The number of thiocarbonyl (C=S) groups is 1. The summed E-state index contributed by atoms with van der Waals surface area (Å²) in [7, 11) is 0. The minimum atomic E-state index is -0.652. The Kier molecular flexibility index (Phi) is 6.15. The minimum absolute atomic E-state index is 0.111. The molecule has 1 saturated carbocycles. The highest BCUT2D eigenvalue weighted by molar-refractivity contribution is 7.78. The van der Waals surface area contributed by atoms with E-state index in [4.69, 9.17) is 26.4 Å². The highest BCUT2D eigenvalue weighted by atomic mass is 32.1. The molecule has 2 heterocycles. The monoisotopic (exact) mass is 419 g/mol. The van der Waals surface area contributed by atoms with Crippen LogP contribution >= 0.6 is 12.2 Å². The van der Waals surface area contributed by atoms with Gasteiger partial charge in [-0.05, 0) is 37.1 Å². The van der Waals surface area contributed by atoms with Crippen molar-refractivity contribution in [1.82, 2.24) is 5.32 Å². The van der Waals surface area contributed by atoms with Gasteiger partial charge in [-0.25, -0.2) is 9.59 Å². The lowest BCUT2D eigenvalue weighted by atomic mass is 9.98. The number of nitrogens with zero attached hydrogens (tertiary/aromatic N) is 2. The first kappa shape index (κ1) is 19.9. The Morgan fingerprint density at radius 3 is 2.48 bits per heavy atom. The lowest BCUT2D eigenvalue weighted by Crippen LogP contribution is -2.45. The van der Waals surface area contributed by atoms with E-state index in [1.807, 2.05) is 0 Å². The lowest BCUT2D eigenvalue weighted by Gasteiger charge is -2.29. The molecule has 2 unspecified atom stereocenters. The number of carbonyl (C=O) groups is 2. The van der Waals surface area contributed by atoms with Crippen LogP contribution in [0.25, 0.3) is 0 Å². The topological polar surface area (TPSA) is 80.3 Å². The minimum Gasteiger partial charge on any atom is -0.447 e. The van der Waals surface area contributed by atoms with Crippen LogP contribution in [0.4, 0.5) is 21.0 Å². The smallest absolute Gasteiger partial charge is 0.417 e. The maximum absolute atomic E-state index is 12.7. The zero-order chi connectivity index (χ0) is 20.2. The first-order valence-electron chi connectivity index (χ1n) is 10.0. The number of hydrogen-bond acceptors (Lipinski definition) is 6. The molecule has 1 aromatic rings. The van der Waals surface area contributed by atoms with Gasteiger partial charge in [-0.3, -0.25) is 9.80 Å². The molecule has 29 heavy (non-hydrogen) atoms. The molecule has 3 aliphatic rings. The number of amides is 2. The van der Waals surface area contributed by atoms with Crippen molar-refractivity contribution >= 4 is 41.3 Å². The van der Waals surface area contributed by atoms with Crippen molar-refractivity contribution in [2.24, 2.45) is 0 Å². The van der Waals surface area contributed by atoms with E-state index in [0.29, 0.717) is 25.4 Å². The molecule has 0 bridgehead atoms. The standard InChI is InChI=1S/C20H25N3O5S/c24-19-22(10-11-26-19)14-6-8-15(9-7-14)23-17(12-21-13-29)18(28-20(23)25)27-16-4-2-1-3-5-16/h6-9,13,16-18H,1-5,10-12H2,(H,21,29). The molecule has 3 fully saturated rings. The lowest BCUT2D eigenvalue weighted by molar-refractivity contribution is -0.135. The molecule has 1 N–H and O–H groups in total. The summed E-state index contributed by atoms with van der Waals surface area (Å²) < 4.78 is 16.7. The number of rotatable bonds is 7. The van der Waals surface area contributed by atoms with Gasteiger partial charge >= 0.3 is 12.2 Å². The summed E-state index contributed by atoms with van der Waals surface area (Å²) in [6.07, 6.45) is 4.13.